The van der Waals surface area contributed by atoms with Gasteiger partial charge in [0.25, 0.3) is 0 Å². The largest absolute Gasteiger partial charge is 0.134 e. The summed E-state index contributed by atoms with van der Waals surface area (Å²) in [5, 5.41) is 0. The number of hydrogen-bond acceptors (Lipinski definition) is 2. The van der Waals surface area contributed by atoms with Gasteiger partial charge in [0.1, 0.15) is 8.07 Å². The van der Waals surface area contributed by atoms with Gasteiger partial charge in [-0.2, -0.15) is 0 Å². The summed E-state index contributed by atoms with van der Waals surface area (Å²) in [6.07, 6.45) is 4.82. The average molecular weight is 397 g/mol. The van der Waals surface area contributed by atoms with Gasteiger partial charge in [-0.3, -0.25) is 0 Å². The van der Waals surface area contributed by atoms with Crippen molar-refractivity contribution in [2.24, 2.45) is 0 Å². The van der Waals surface area contributed by atoms with E-state index < -0.39 is 8.07 Å². The van der Waals surface area contributed by atoms with E-state index in [1.54, 1.807) is 0 Å². The molecule has 0 saturated heterocycles. The van der Waals surface area contributed by atoms with Crippen LogP contribution in [0.4, 0.5) is 0 Å². The average Bonchev–Trinajstić information content (AvgIpc) is 3.15. The maximum Gasteiger partial charge on any atom is 0.129 e. The highest BCUT2D eigenvalue weighted by atomic mass is 32.1. The molecule has 0 fully saturated rings. The third-order valence-corrected chi connectivity index (χ3v) is 7.52. The van der Waals surface area contributed by atoms with Crippen molar-refractivity contribution in [1.29, 1.82) is 0 Å². The van der Waals surface area contributed by atoms with Crippen molar-refractivity contribution in [1.82, 2.24) is 0 Å². The molecule has 0 amide bonds. The standard InChI is InChI=1S/C23H28S2Si/c1-6-8-9-17-10-11-20(18(7-2)14-17)21-16-23-22(25-21)15-19(24-23)12-13-26(3,4)5/h10-11,14-16H,6-9H2,1-5H3. The molecule has 0 aliphatic heterocycles. The Balaban J connectivity index is 1.90. The lowest BCUT2D eigenvalue weighted by Crippen LogP contribution is -2.16. The molecule has 0 saturated carbocycles. The molecule has 0 radical (unpaired) electrons. The van der Waals surface area contributed by atoms with Crippen molar-refractivity contribution in [3.05, 3.63) is 46.3 Å². The first-order valence-corrected chi connectivity index (χ1v) is 14.7. The Hall–Kier alpha value is -1.34. The third kappa shape index (κ3) is 4.68. The third-order valence-electron chi connectivity index (χ3n) is 4.40. The number of thiophene rings is 2. The van der Waals surface area contributed by atoms with Gasteiger partial charge in [-0.1, -0.05) is 64.0 Å². The second kappa shape index (κ2) is 8.13. The molecule has 0 aliphatic carbocycles. The molecular weight excluding hydrogens is 368 g/mol. The van der Waals surface area contributed by atoms with Crippen molar-refractivity contribution in [2.75, 3.05) is 0 Å². The summed E-state index contributed by atoms with van der Waals surface area (Å²) < 4.78 is 2.75. The molecule has 3 heteroatoms. The summed E-state index contributed by atoms with van der Waals surface area (Å²) in [6.45, 7) is 11.4. The zero-order valence-corrected chi connectivity index (χ0v) is 19.2. The van der Waals surface area contributed by atoms with Crippen molar-refractivity contribution >= 4 is 40.1 Å². The first-order valence-electron chi connectivity index (χ1n) is 9.58. The van der Waals surface area contributed by atoms with E-state index in [2.05, 4.69) is 75.3 Å². The Morgan fingerprint density at radius 2 is 1.73 bits per heavy atom. The van der Waals surface area contributed by atoms with Crippen LogP contribution in [0, 0.1) is 11.5 Å². The van der Waals surface area contributed by atoms with Gasteiger partial charge in [-0.05, 0) is 48.1 Å². The van der Waals surface area contributed by atoms with E-state index in [1.807, 2.05) is 22.7 Å². The van der Waals surface area contributed by atoms with E-state index in [-0.39, 0.29) is 0 Å². The van der Waals surface area contributed by atoms with Crippen LogP contribution in [-0.4, -0.2) is 8.07 Å². The van der Waals surface area contributed by atoms with Gasteiger partial charge >= 0.3 is 0 Å². The quantitative estimate of drug-likeness (QED) is 0.305. The summed E-state index contributed by atoms with van der Waals surface area (Å²) >= 11 is 3.75. The van der Waals surface area contributed by atoms with Crippen LogP contribution >= 0.6 is 22.7 Å². The second-order valence-corrected chi connectivity index (χ2v) is 14.8. The normalized spacial score (nSPS) is 11.6. The highest BCUT2D eigenvalue weighted by Crippen LogP contribution is 2.39. The Kier molecular flexibility index (Phi) is 6.07. The van der Waals surface area contributed by atoms with E-state index >= 15 is 0 Å². The van der Waals surface area contributed by atoms with Crippen molar-refractivity contribution in [2.45, 2.75) is 59.2 Å². The fourth-order valence-electron chi connectivity index (χ4n) is 3.00. The summed E-state index contributed by atoms with van der Waals surface area (Å²) in [5.74, 6) is 3.41. The van der Waals surface area contributed by atoms with E-state index in [0.717, 1.165) is 6.42 Å². The van der Waals surface area contributed by atoms with Gasteiger partial charge in [0.2, 0.25) is 0 Å². The second-order valence-electron chi connectivity index (χ2n) is 7.90. The molecule has 0 aliphatic rings. The number of hydrogen-bond donors (Lipinski definition) is 0. The van der Waals surface area contributed by atoms with Crippen molar-refractivity contribution in [3.8, 4) is 21.9 Å². The highest BCUT2D eigenvalue weighted by Gasteiger charge is 2.12. The number of fused-ring (bicyclic) bond motifs is 1. The highest BCUT2D eigenvalue weighted by molar-refractivity contribution is 7.29. The number of aryl methyl sites for hydroxylation is 2. The zero-order chi connectivity index (χ0) is 18.7. The van der Waals surface area contributed by atoms with Gasteiger partial charge in [0.05, 0.1) is 4.88 Å². The Morgan fingerprint density at radius 1 is 0.962 bits per heavy atom. The SMILES string of the molecule is CCCCc1ccc(-c2cc3sc(C#C[Si](C)(C)C)cc3s2)c(CC)c1. The maximum absolute atomic E-state index is 3.48. The molecule has 26 heavy (non-hydrogen) atoms. The number of benzene rings is 1. The van der Waals surface area contributed by atoms with Gasteiger partial charge < -0.3 is 0 Å². The summed E-state index contributed by atoms with van der Waals surface area (Å²) in [7, 11) is -1.31. The molecule has 136 valence electrons. The number of rotatable bonds is 5. The molecule has 3 rings (SSSR count). The topological polar surface area (TPSA) is 0 Å². The summed E-state index contributed by atoms with van der Waals surface area (Å²) in [4.78, 5) is 2.61. The molecule has 0 nitrogen and oxygen atoms in total. The minimum atomic E-state index is -1.31. The van der Waals surface area contributed by atoms with Gasteiger partial charge in [0, 0.05) is 14.3 Å². The van der Waals surface area contributed by atoms with E-state index in [9.17, 15) is 0 Å². The van der Waals surface area contributed by atoms with Crippen LogP contribution in [0.25, 0.3) is 19.8 Å². The van der Waals surface area contributed by atoms with Gasteiger partial charge in [-0.25, -0.2) is 0 Å². The predicted molar refractivity (Wildman–Crippen MR) is 123 cm³/mol. The minimum Gasteiger partial charge on any atom is -0.134 e. The molecule has 0 atom stereocenters. The van der Waals surface area contributed by atoms with Crippen LogP contribution in [0.15, 0.2) is 30.3 Å². The molecule has 0 spiro atoms. The van der Waals surface area contributed by atoms with Gasteiger partial charge in [-0.15, -0.1) is 28.2 Å². The van der Waals surface area contributed by atoms with E-state index in [1.165, 1.54) is 55.1 Å². The lowest BCUT2D eigenvalue weighted by Gasteiger charge is -2.09. The van der Waals surface area contributed by atoms with Crippen LogP contribution in [0.2, 0.25) is 19.6 Å². The lowest BCUT2D eigenvalue weighted by atomic mass is 9.98. The lowest BCUT2D eigenvalue weighted by molar-refractivity contribution is 0.794. The fourth-order valence-corrected chi connectivity index (χ4v) is 5.91. The molecule has 0 unspecified atom stereocenters. The van der Waals surface area contributed by atoms with E-state index in [4.69, 9.17) is 0 Å². The first kappa shape index (κ1) is 19.4. The Labute approximate surface area is 167 Å². The molecule has 3 aromatic rings. The van der Waals surface area contributed by atoms with Crippen LogP contribution in [-0.2, 0) is 12.8 Å². The van der Waals surface area contributed by atoms with E-state index in [0.29, 0.717) is 0 Å². The molecule has 2 aromatic heterocycles. The molecule has 2 heterocycles. The molecule has 0 N–H and O–H groups in total. The maximum atomic E-state index is 3.48. The fraction of sp³-hybridized carbons (Fsp3) is 0.391. The van der Waals surface area contributed by atoms with Crippen LogP contribution < -0.4 is 0 Å². The predicted octanol–water partition coefficient (Wildman–Crippen LogP) is 7.76. The Morgan fingerprint density at radius 3 is 2.38 bits per heavy atom. The number of unbranched alkanes of at least 4 members (excludes halogenated alkanes) is 1. The molecule has 1 aromatic carbocycles. The molecule has 0 bridgehead atoms. The Bertz CT molecular complexity index is 926. The summed E-state index contributed by atoms with van der Waals surface area (Å²) in [5.41, 5.74) is 7.85. The van der Waals surface area contributed by atoms with Crippen LogP contribution in [0.1, 0.15) is 42.7 Å². The minimum absolute atomic E-state index is 1.09. The molecular formula is C23H28S2Si. The van der Waals surface area contributed by atoms with Gasteiger partial charge in [0.15, 0.2) is 0 Å². The van der Waals surface area contributed by atoms with Crippen molar-refractivity contribution in [3.63, 3.8) is 0 Å². The van der Waals surface area contributed by atoms with Crippen LogP contribution in [0.3, 0.4) is 0 Å². The monoisotopic (exact) mass is 396 g/mol. The zero-order valence-electron chi connectivity index (χ0n) is 16.5. The van der Waals surface area contributed by atoms with Crippen LogP contribution in [0.5, 0.6) is 0 Å². The smallest absolute Gasteiger partial charge is 0.129 e. The first-order chi connectivity index (χ1) is 12.4. The summed E-state index contributed by atoms with van der Waals surface area (Å²) in [6, 6.07) is 11.7. The van der Waals surface area contributed by atoms with Crippen molar-refractivity contribution < 1.29 is 0 Å².